The van der Waals surface area contributed by atoms with Crippen molar-refractivity contribution in [1.82, 2.24) is 14.5 Å². The minimum atomic E-state index is -1.52. The molecule has 2 unspecified atom stereocenters. The molecule has 2 saturated heterocycles. The Balaban J connectivity index is 1.48. The molecule has 3 heterocycles. The molecular formula is C26H24F3N3O3. The van der Waals surface area contributed by atoms with E-state index in [1.807, 2.05) is 36.7 Å². The first-order valence-electron chi connectivity index (χ1n) is 11.3. The third-order valence-electron chi connectivity index (χ3n) is 6.61. The number of nitrogens with zero attached hydrogens (tertiary/aromatic N) is 3. The SMILES string of the molecule is COc1cc(/C=C2\O[C@@H](C)C3CCC(c4cc(F)c(F)c(F)c4)N3C2=O)ccc1-n1cnc(C)c1. The van der Waals surface area contributed by atoms with Gasteiger partial charge in [0.25, 0.3) is 5.91 Å². The van der Waals surface area contributed by atoms with Gasteiger partial charge in [0.05, 0.1) is 36.9 Å². The van der Waals surface area contributed by atoms with E-state index in [9.17, 15) is 18.0 Å². The van der Waals surface area contributed by atoms with E-state index >= 15 is 0 Å². The Bertz CT molecular complexity index is 1310. The molecule has 2 aliphatic rings. The number of hydrogen-bond acceptors (Lipinski definition) is 4. The van der Waals surface area contributed by atoms with Crippen molar-refractivity contribution in [2.24, 2.45) is 0 Å². The third-order valence-corrected chi connectivity index (χ3v) is 6.61. The molecule has 2 aromatic carbocycles. The fraction of sp³-hybridized carbons (Fsp3) is 0.308. The molecule has 182 valence electrons. The first-order chi connectivity index (χ1) is 16.8. The van der Waals surface area contributed by atoms with Gasteiger partial charge in [0.15, 0.2) is 23.2 Å². The first kappa shape index (κ1) is 23.0. The maximum absolute atomic E-state index is 13.9. The van der Waals surface area contributed by atoms with Crippen LogP contribution in [0.2, 0.25) is 0 Å². The van der Waals surface area contributed by atoms with Crippen LogP contribution in [0.15, 0.2) is 48.6 Å². The van der Waals surface area contributed by atoms with E-state index in [1.54, 1.807) is 30.5 Å². The highest BCUT2D eigenvalue weighted by Crippen LogP contribution is 2.43. The van der Waals surface area contributed by atoms with Crippen LogP contribution in [0.5, 0.6) is 5.75 Å². The van der Waals surface area contributed by atoms with Gasteiger partial charge in [-0.25, -0.2) is 18.2 Å². The van der Waals surface area contributed by atoms with Crippen molar-refractivity contribution in [3.8, 4) is 11.4 Å². The summed E-state index contributed by atoms with van der Waals surface area (Å²) in [6.45, 7) is 3.75. The summed E-state index contributed by atoms with van der Waals surface area (Å²) >= 11 is 0. The summed E-state index contributed by atoms with van der Waals surface area (Å²) in [7, 11) is 1.56. The van der Waals surface area contributed by atoms with E-state index in [0.717, 1.165) is 23.5 Å². The lowest BCUT2D eigenvalue weighted by Crippen LogP contribution is -2.49. The Morgan fingerprint density at radius 1 is 1.14 bits per heavy atom. The highest BCUT2D eigenvalue weighted by atomic mass is 19.2. The van der Waals surface area contributed by atoms with Crippen molar-refractivity contribution in [3.63, 3.8) is 0 Å². The van der Waals surface area contributed by atoms with Crippen molar-refractivity contribution in [2.75, 3.05) is 7.11 Å². The van der Waals surface area contributed by atoms with E-state index in [1.165, 1.54) is 0 Å². The average molecular weight is 483 g/mol. The number of carbonyl (C=O) groups is 1. The van der Waals surface area contributed by atoms with Crippen molar-refractivity contribution >= 4 is 12.0 Å². The molecule has 0 spiro atoms. The molecule has 1 amide bonds. The van der Waals surface area contributed by atoms with Crippen LogP contribution in [0.3, 0.4) is 0 Å². The van der Waals surface area contributed by atoms with Crippen LogP contribution in [0.4, 0.5) is 13.2 Å². The van der Waals surface area contributed by atoms with Crippen LogP contribution in [0.1, 0.15) is 42.6 Å². The molecule has 0 radical (unpaired) electrons. The summed E-state index contributed by atoms with van der Waals surface area (Å²) in [5.41, 5.74) is 2.57. The van der Waals surface area contributed by atoms with Crippen LogP contribution >= 0.6 is 0 Å². The van der Waals surface area contributed by atoms with Crippen molar-refractivity contribution < 1.29 is 27.4 Å². The number of aryl methyl sites for hydroxylation is 1. The molecule has 5 rings (SSSR count). The highest BCUT2D eigenvalue weighted by Gasteiger charge is 2.46. The van der Waals surface area contributed by atoms with E-state index in [2.05, 4.69) is 4.98 Å². The number of morpholine rings is 1. The number of amides is 1. The van der Waals surface area contributed by atoms with Gasteiger partial charge in [0.1, 0.15) is 11.9 Å². The molecule has 1 aromatic heterocycles. The predicted molar refractivity (Wildman–Crippen MR) is 122 cm³/mol. The zero-order valence-corrected chi connectivity index (χ0v) is 19.5. The Hall–Kier alpha value is -3.75. The minimum absolute atomic E-state index is 0.122. The van der Waals surface area contributed by atoms with Gasteiger partial charge in [-0.05, 0) is 68.2 Å². The van der Waals surface area contributed by atoms with Crippen LogP contribution in [0, 0.1) is 24.4 Å². The maximum atomic E-state index is 13.9. The standard InChI is InChI=1S/C26H24F3N3O3/c1-14-12-31(13-30-14)22-5-4-16(8-23(22)34-3)9-24-26(33)32-20(15(2)35-24)6-7-21(32)17-10-18(27)25(29)19(28)11-17/h4-5,8-13,15,20-21H,6-7H2,1-3H3/b24-9-/t15-,20?,21?/m0/s1. The Kier molecular flexibility index (Phi) is 5.78. The van der Waals surface area contributed by atoms with Crippen molar-refractivity contribution in [2.45, 2.75) is 44.9 Å². The molecule has 2 aliphatic heterocycles. The number of benzene rings is 2. The van der Waals surface area contributed by atoms with E-state index < -0.39 is 23.5 Å². The molecule has 0 saturated carbocycles. The number of halogens is 3. The zero-order chi connectivity index (χ0) is 24.9. The zero-order valence-electron chi connectivity index (χ0n) is 19.5. The molecule has 9 heteroatoms. The fourth-order valence-corrected chi connectivity index (χ4v) is 4.94. The molecule has 2 fully saturated rings. The second kappa shape index (κ2) is 8.79. The summed E-state index contributed by atoms with van der Waals surface area (Å²) in [5, 5.41) is 0. The molecular weight excluding hydrogens is 459 g/mol. The van der Waals surface area contributed by atoms with Crippen LogP contribution in [0.25, 0.3) is 11.8 Å². The van der Waals surface area contributed by atoms with Crippen molar-refractivity contribution in [3.05, 3.63) is 82.9 Å². The molecule has 0 bridgehead atoms. The number of fused-ring (bicyclic) bond motifs is 1. The summed E-state index contributed by atoms with van der Waals surface area (Å²) in [6.07, 6.45) is 5.97. The topological polar surface area (TPSA) is 56.6 Å². The number of rotatable bonds is 4. The average Bonchev–Trinajstić information content (AvgIpc) is 3.47. The van der Waals surface area contributed by atoms with Gasteiger partial charge in [0.2, 0.25) is 0 Å². The first-order valence-corrected chi connectivity index (χ1v) is 11.3. The van der Waals surface area contributed by atoms with Crippen molar-refractivity contribution in [1.29, 1.82) is 0 Å². The number of methoxy groups -OCH3 is 1. The van der Waals surface area contributed by atoms with Crippen LogP contribution in [-0.2, 0) is 9.53 Å². The molecule has 3 aromatic rings. The second-order valence-corrected chi connectivity index (χ2v) is 8.86. The van der Waals surface area contributed by atoms with Crippen LogP contribution in [-0.4, -0.2) is 39.6 Å². The lowest BCUT2D eigenvalue weighted by atomic mass is 10.0. The highest BCUT2D eigenvalue weighted by molar-refractivity contribution is 5.97. The van der Waals surface area contributed by atoms with E-state index in [0.29, 0.717) is 24.2 Å². The summed E-state index contributed by atoms with van der Waals surface area (Å²) < 4.78 is 54.7. The Morgan fingerprint density at radius 2 is 1.89 bits per heavy atom. The number of carbonyl (C=O) groups excluding carboxylic acids is 1. The molecule has 0 N–H and O–H groups in total. The summed E-state index contributed by atoms with van der Waals surface area (Å²) in [6, 6.07) is 6.58. The normalized spacial score (nSPS) is 22.9. The summed E-state index contributed by atoms with van der Waals surface area (Å²) in [4.78, 5) is 19.3. The van der Waals surface area contributed by atoms with Gasteiger partial charge in [-0.3, -0.25) is 4.79 Å². The maximum Gasteiger partial charge on any atom is 0.289 e. The molecule has 0 aliphatic carbocycles. The number of hydrogen-bond donors (Lipinski definition) is 0. The third kappa shape index (κ3) is 4.05. The Labute approximate surface area is 200 Å². The monoisotopic (exact) mass is 483 g/mol. The minimum Gasteiger partial charge on any atom is -0.495 e. The van der Waals surface area contributed by atoms with Gasteiger partial charge in [-0.2, -0.15) is 0 Å². The van der Waals surface area contributed by atoms with Gasteiger partial charge in [-0.15, -0.1) is 0 Å². The van der Waals surface area contributed by atoms with E-state index in [-0.39, 0.29) is 29.4 Å². The van der Waals surface area contributed by atoms with Gasteiger partial charge < -0.3 is 18.9 Å². The Morgan fingerprint density at radius 3 is 2.54 bits per heavy atom. The quantitative estimate of drug-likeness (QED) is 0.383. The van der Waals surface area contributed by atoms with Gasteiger partial charge in [0, 0.05) is 6.20 Å². The largest absolute Gasteiger partial charge is 0.495 e. The number of ether oxygens (including phenoxy) is 2. The lowest BCUT2D eigenvalue weighted by Gasteiger charge is -2.39. The lowest BCUT2D eigenvalue weighted by molar-refractivity contribution is -0.144. The van der Waals surface area contributed by atoms with Gasteiger partial charge >= 0.3 is 0 Å². The smallest absolute Gasteiger partial charge is 0.289 e. The van der Waals surface area contributed by atoms with Gasteiger partial charge in [-0.1, -0.05) is 6.07 Å². The molecule has 3 atom stereocenters. The fourth-order valence-electron chi connectivity index (χ4n) is 4.94. The van der Waals surface area contributed by atoms with Crippen LogP contribution < -0.4 is 4.74 Å². The summed E-state index contributed by atoms with van der Waals surface area (Å²) in [5.74, 6) is -3.73. The number of aromatic nitrogens is 2. The van der Waals surface area contributed by atoms with E-state index in [4.69, 9.17) is 9.47 Å². The molecule has 6 nitrogen and oxygen atoms in total. The second-order valence-electron chi connectivity index (χ2n) is 8.86. The number of imidazole rings is 1. The predicted octanol–water partition coefficient (Wildman–Crippen LogP) is 5.10. The molecule has 35 heavy (non-hydrogen) atoms.